The van der Waals surface area contributed by atoms with Crippen LogP contribution < -0.4 is 9.33 Å². The number of piperidine rings is 1. The lowest BCUT2D eigenvalue weighted by atomic mass is 9.92. The Morgan fingerprint density at radius 2 is 1.84 bits per heavy atom. The summed E-state index contributed by atoms with van der Waals surface area (Å²) in [5, 5.41) is 16.4. The van der Waals surface area contributed by atoms with Gasteiger partial charge in [0.05, 0.1) is 23.4 Å². The van der Waals surface area contributed by atoms with Gasteiger partial charge in [-0.2, -0.15) is 9.61 Å². The summed E-state index contributed by atoms with van der Waals surface area (Å²) in [5.41, 5.74) is 2.50. The van der Waals surface area contributed by atoms with Crippen LogP contribution in [-0.2, 0) is 20.7 Å². The fraction of sp³-hybridized carbons (Fsp3) is 0.526. The highest BCUT2D eigenvalue weighted by Gasteiger charge is 2.40. The summed E-state index contributed by atoms with van der Waals surface area (Å²) in [6.45, 7) is 26.4. The maximum atomic E-state index is 12.8. The van der Waals surface area contributed by atoms with Crippen LogP contribution in [0, 0.1) is 6.92 Å². The number of hydrogen-bond donors (Lipinski definition) is 1. The summed E-state index contributed by atoms with van der Waals surface area (Å²) >= 11 is 1.59. The van der Waals surface area contributed by atoms with Gasteiger partial charge in [0.25, 0.3) is 0 Å². The molecular formula is C38H53N5O5SSi. The van der Waals surface area contributed by atoms with Gasteiger partial charge < -0.3 is 23.9 Å². The van der Waals surface area contributed by atoms with E-state index in [4.69, 9.17) is 29.0 Å². The Morgan fingerprint density at radius 3 is 2.46 bits per heavy atom. The van der Waals surface area contributed by atoms with Gasteiger partial charge in [0.1, 0.15) is 22.3 Å². The number of carboxylic acids is 1. The maximum absolute atomic E-state index is 12.8. The number of carbonyl (C=O) groups is 1. The molecule has 0 spiro atoms. The average Bonchev–Trinajstić information content (AvgIpc) is 3.66. The lowest BCUT2D eigenvalue weighted by Crippen LogP contribution is -2.45. The zero-order valence-electron chi connectivity index (χ0n) is 31.3. The highest BCUT2D eigenvalue weighted by Crippen LogP contribution is 2.40. The predicted molar refractivity (Wildman–Crippen MR) is 203 cm³/mol. The standard InChI is InChI=1S/C38H53N5O5SSi/c1-12-21-46-38(9)17-19-42(20-18-38)34-31(32(35(44)45)47-36(3,4)5)25(2)40-30-23-28(41-43(30)34)33-39-24-27(49-33)22-26-15-13-14-16-29(26)48-50(10,11)37(6,7)8/h12-16,23-24,32H,1,17-22H2,2-11H3,(H,44,45). The number of ether oxygens (including phenoxy) is 2. The van der Waals surface area contributed by atoms with Crippen molar-refractivity contribution in [1.82, 2.24) is 19.6 Å². The van der Waals surface area contributed by atoms with E-state index in [0.29, 0.717) is 54.5 Å². The zero-order chi connectivity index (χ0) is 36.6. The van der Waals surface area contributed by atoms with E-state index in [2.05, 4.69) is 64.4 Å². The summed E-state index contributed by atoms with van der Waals surface area (Å²) in [6.07, 6.45) is 4.64. The van der Waals surface area contributed by atoms with Gasteiger partial charge >= 0.3 is 5.97 Å². The van der Waals surface area contributed by atoms with Gasteiger partial charge in [-0.1, -0.05) is 45.0 Å². The number of aryl methyl sites for hydroxylation is 1. The third-order valence-electron chi connectivity index (χ3n) is 9.71. The number of fused-ring (bicyclic) bond motifs is 1. The molecule has 1 aliphatic heterocycles. The molecule has 4 heterocycles. The van der Waals surface area contributed by atoms with Crippen LogP contribution in [0.3, 0.4) is 0 Å². The molecule has 1 aliphatic rings. The van der Waals surface area contributed by atoms with Crippen LogP contribution in [0.25, 0.3) is 16.3 Å². The number of para-hydroxylation sites is 1. The highest BCUT2D eigenvalue weighted by molar-refractivity contribution is 7.15. The number of rotatable bonds is 12. The molecule has 0 radical (unpaired) electrons. The molecule has 5 rings (SSSR count). The fourth-order valence-electron chi connectivity index (χ4n) is 5.89. The molecule has 10 nitrogen and oxygen atoms in total. The van der Waals surface area contributed by atoms with E-state index in [-0.39, 0.29) is 10.6 Å². The topological polar surface area (TPSA) is 111 Å². The van der Waals surface area contributed by atoms with E-state index in [1.807, 2.05) is 52.1 Å². The molecule has 1 N–H and O–H groups in total. The van der Waals surface area contributed by atoms with Crippen molar-refractivity contribution in [2.75, 3.05) is 24.6 Å². The lowest BCUT2D eigenvalue weighted by molar-refractivity contribution is -0.160. The van der Waals surface area contributed by atoms with Crippen molar-refractivity contribution < 1.29 is 23.8 Å². The lowest BCUT2D eigenvalue weighted by Gasteiger charge is -2.41. The van der Waals surface area contributed by atoms with Gasteiger partial charge in [-0.05, 0) is 77.2 Å². The van der Waals surface area contributed by atoms with E-state index in [1.54, 1.807) is 21.9 Å². The van der Waals surface area contributed by atoms with Crippen LogP contribution in [0.1, 0.15) is 89.1 Å². The summed E-state index contributed by atoms with van der Waals surface area (Å²) in [5.74, 6) is 0.530. The molecule has 3 aromatic heterocycles. The Balaban J connectivity index is 1.53. The molecule has 270 valence electrons. The van der Waals surface area contributed by atoms with E-state index < -0.39 is 26.0 Å². The number of benzene rings is 1. The first-order valence-corrected chi connectivity index (χ1v) is 21.1. The minimum atomic E-state index is -2.03. The van der Waals surface area contributed by atoms with Crippen LogP contribution in [0.5, 0.6) is 5.75 Å². The van der Waals surface area contributed by atoms with Crippen LogP contribution in [0.4, 0.5) is 5.82 Å². The average molecular weight is 720 g/mol. The molecule has 50 heavy (non-hydrogen) atoms. The summed E-state index contributed by atoms with van der Waals surface area (Å²) in [6, 6.07) is 10.2. The van der Waals surface area contributed by atoms with Crippen LogP contribution in [0.2, 0.25) is 18.1 Å². The Hall–Kier alpha value is -3.58. The van der Waals surface area contributed by atoms with Crippen LogP contribution in [-0.4, -0.2) is 69.9 Å². The zero-order valence-corrected chi connectivity index (χ0v) is 33.1. The Labute approximate surface area is 301 Å². The minimum Gasteiger partial charge on any atom is -0.543 e. The van der Waals surface area contributed by atoms with Crippen molar-refractivity contribution in [3.05, 3.63) is 70.9 Å². The quantitative estimate of drug-likeness (QED) is 0.114. The van der Waals surface area contributed by atoms with E-state index in [9.17, 15) is 9.90 Å². The van der Waals surface area contributed by atoms with Crippen molar-refractivity contribution in [3.63, 3.8) is 0 Å². The van der Waals surface area contributed by atoms with Crippen LogP contribution >= 0.6 is 11.3 Å². The Morgan fingerprint density at radius 1 is 1.16 bits per heavy atom. The third-order valence-corrected chi connectivity index (χ3v) is 15.1. The van der Waals surface area contributed by atoms with Gasteiger partial charge in [-0.25, -0.2) is 14.8 Å². The van der Waals surface area contributed by atoms with Crippen LogP contribution in [0.15, 0.2) is 49.2 Å². The fourth-order valence-corrected chi connectivity index (χ4v) is 7.83. The van der Waals surface area contributed by atoms with Crippen molar-refractivity contribution in [2.24, 2.45) is 0 Å². The molecule has 1 saturated heterocycles. The number of nitrogens with zero attached hydrogens (tertiary/aromatic N) is 5. The van der Waals surface area contributed by atoms with Crippen molar-refractivity contribution in [2.45, 2.75) is 110 Å². The molecule has 4 aromatic rings. The number of aromatic nitrogens is 4. The van der Waals surface area contributed by atoms with Crippen molar-refractivity contribution >= 4 is 37.1 Å². The third kappa shape index (κ3) is 8.30. The Kier molecular flexibility index (Phi) is 10.7. The second-order valence-corrected chi connectivity index (χ2v) is 21.8. The SMILES string of the molecule is C=CCOC1(C)CCN(c2c(C(OC(C)(C)C)C(=O)O)c(C)nc3cc(-c4ncc(Cc5ccccc5O[Si](C)(C)C(C)(C)C)s4)nn23)CC1. The number of aliphatic carboxylic acids is 1. The Bertz CT molecular complexity index is 1850. The largest absolute Gasteiger partial charge is 0.543 e. The molecular weight excluding hydrogens is 667 g/mol. The number of hydrogen-bond acceptors (Lipinski definition) is 9. The van der Waals surface area contributed by atoms with Crippen molar-refractivity contribution in [3.8, 4) is 16.5 Å². The highest BCUT2D eigenvalue weighted by atomic mass is 32.1. The van der Waals surface area contributed by atoms with Crippen molar-refractivity contribution in [1.29, 1.82) is 0 Å². The molecule has 0 saturated carbocycles. The molecule has 0 bridgehead atoms. The van der Waals surface area contributed by atoms with Gasteiger partial charge in [0.2, 0.25) is 8.32 Å². The second-order valence-electron chi connectivity index (χ2n) is 16.0. The molecule has 1 unspecified atom stereocenters. The van der Waals surface area contributed by atoms with E-state index in [0.717, 1.165) is 34.0 Å². The first-order chi connectivity index (χ1) is 23.3. The molecule has 1 fully saturated rings. The summed E-state index contributed by atoms with van der Waals surface area (Å²) in [7, 11) is -2.03. The second kappa shape index (κ2) is 14.2. The minimum absolute atomic E-state index is 0.0858. The summed E-state index contributed by atoms with van der Waals surface area (Å²) < 4.78 is 20.8. The summed E-state index contributed by atoms with van der Waals surface area (Å²) in [4.78, 5) is 25.8. The normalized spacial score (nSPS) is 16.1. The molecule has 12 heteroatoms. The number of carboxylic acid groups (broad SMARTS) is 1. The molecule has 0 aliphatic carbocycles. The molecule has 1 atom stereocenters. The maximum Gasteiger partial charge on any atom is 0.337 e. The van der Waals surface area contributed by atoms with E-state index in [1.165, 1.54) is 0 Å². The first-order valence-electron chi connectivity index (χ1n) is 17.3. The smallest absolute Gasteiger partial charge is 0.337 e. The van der Waals surface area contributed by atoms with Gasteiger partial charge in [-0.15, -0.1) is 17.9 Å². The monoisotopic (exact) mass is 719 g/mol. The van der Waals surface area contributed by atoms with E-state index >= 15 is 0 Å². The van der Waals surface area contributed by atoms with Gasteiger partial charge in [0.15, 0.2) is 11.8 Å². The number of thiazole rings is 1. The van der Waals surface area contributed by atoms with Gasteiger partial charge in [0, 0.05) is 42.3 Å². The first kappa shape index (κ1) is 37.7. The molecule has 1 aromatic carbocycles. The number of anilines is 1. The predicted octanol–water partition coefficient (Wildman–Crippen LogP) is 8.64. The molecule has 0 amide bonds. The van der Waals surface area contributed by atoms with Gasteiger partial charge in [-0.3, -0.25) is 0 Å².